The van der Waals surface area contributed by atoms with Crippen LogP contribution in [0.3, 0.4) is 0 Å². The molecule has 1 saturated heterocycles. The molecule has 8 nitrogen and oxygen atoms in total. The first-order chi connectivity index (χ1) is 11.3. The molecule has 1 saturated carbocycles. The molecule has 0 bridgehead atoms. The number of nitrogens with one attached hydrogen (secondary N) is 1. The number of carbonyl (C=O) groups is 2. The first-order valence-electron chi connectivity index (χ1n) is 8.52. The minimum Gasteiger partial charge on any atom is -0.444 e. The van der Waals surface area contributed by atoms with Gasteiger partial charge in [0.2, 0.25) is 5.82 Å². The average Bonchev–Trinajstić information content (AvgIpc) is 3.18. The van der Waals surface area contributed by atoms with Crippen LogP contribution < -0.4 is 5.32 Å². The third kappa shape index (κ3) is 4.24. The highest BCUT2D eigenvalue weighted by Gasteiger charge is 2.30. The number of nitrogens with zero attached hydrogens (tertiary/aromatic N) is 4. The van der Waals surface area contributed by atoms with E-state index >= 15 is 0 Å². The van der Waals surface area contributed by atoms with Crippen LogP contribution in [0.5, 0.6) is 0 Å². The molecule has 2 heterocycles. The van der Waals surface area contributed by atoms with Crippen LogP contribution in [-0.2, 0) is 4.74 Å². The standard InChI is InChI=1S/C16H25N5O3/c1-16(2,3)24-15(23)20-8-4-5-12(9-20)21-10-17-13(19-21)14(22)18-11-6-7-11/h10-12H,4-9H2,1-3H3,(H,18,22)/t12-/m1/s1. The van der Waals surface area contributed by atoms with Crippen LogP contribution in [0.15, 0.2) is 6.33 Å². The van der Waals surface area contributed by atoms with Crippen molar-refractivity contribution >= 4 is 12.0 Å². The Labute approximate surface area is 141 Å². The van der Waals surface area contributed by atoms with Crippen LogP contribution in [-0.4, -0.2) is 56.4 Å². The van der Waals surface area contributed by atoms with E-state index in [2.05, 4.69) is 15.4 Å². The lowest BCUT2D eigenvalue weighted by Crippen LogP contribution is -2.43. The number of likely N-dealkylation sites (tertiary alicyclic amines) is 1. The van der Waals surface area contributed by atoms with Gasteiger partial charge in [-0.05, 0) is 46.5 Å². The van der Waals surface area contributed by atoms with Crippen LogP contribution in [0.4, 0.5) is 4.79 Å². The fourth-order valence-electron chi connectivity index (χ4n) is 2.70. The Kier molecular flexibility index (Phi) is 4.47. The van der Waals surface area contributed by atoms with E-state index in [0.717, 1.165) is 25.7 Å². The number of piperidine rings is 1. The van der Waals surface area contributed by atoms with Gasteiger partial charge in [-0.25, -0.2) is 14.5 Å². The Morgan fingerprint density at radius 2 is 2.04 bits per heavy atom. The minimum atomic E-state index is -0.509. The number of carbonyl (C=O) groups excluding carboxylic acids is 2. The van der Waals surface area contributed by atoms with Gasteiger partial charge in [-0.2, -0.15) is 0 Å². The van der Waals surface area contributed by atoms with Gasteiger partial charge in [-0.1, -0.05) is 0 Å². The summed E-state index contributed by atoms with van der Waals surface area (Å²) in [5.74, 6) is -0.0349. The maximum Gasteiger partial charge on any atom is 0.410 e. The summed E-state index contributed by atoms with van der Waals surface area (Å²) in [5, 5.41) is 7.18. The van der Waals surface area contributed by atoms with Crippen LogP contribution >= 0.6 is 0 Å². The van der Waals surface area contributed by atoms with Crippen molar-refractivity contribution in [3.05, 3.63) is 12.2 Å². The van der Waals surface area contributed by atoms with Gasteiger partial charge in [-0.15, -0.1) is 5.10 Å². The van der Waals surface area contributed by atoms with Crippen LogP contribution in [0.25, 0.3) is 0 Å². The summed E-state index contributed by atoms with van der Waals surface area (Å²) in [6, 6.07) is 0.294. The smallest absolute Gasteiger partial charge is 0.410 e. The lowest BCUT2D eigenvalue weighted by molar-refractivity contribution is 0.0167. The number of amides is 2. The van der Waals surface area contributed by atoms with Gasteiger partial charge in [0.25, 0.3) is 5.91 Å². The molecule has 8 heteroatoms. The second kappa shape index (κ2) is 6.41. The van der Waals surface area contributed by atoms with Crippen LogP contribution in [0.1, 0.15) is 63.1 Å². The zero-order valence-electron chi connectivity index (χ0n) is 14.5. The van der Waals surface area contributed by atoms with E-state index in [1.807, 2.05) is 20.8 Å². The molecule has 1 aromatic rings. The van der Waals surface area contributed by atoms with Crippen molar-refractivity contribution in [2.75, 3.05) is 13.1 Å². The molecular formula is C16H25N5O3. The average molecular weight is 335 g/mol. The van der Waals surface area contributed by atoms with E-state index in [1.165, 1.54) is 0 Å². The number of rotatable bonds is 3. The van der Waals surface area contributed by atoms with Crippen molar-refractivity contribution in [3.63, 3.8) is 0 Å². The molecule has 1 aliphatic carbocycles. The van der Waals surface area contributed by atoms with Crippen molar-refractivity contribution in [1.82, 2.24) is 25.0 Å². The number of hydrogen-bond donors (Lipinski definition) is 1. The van der Waals surface area contributed by atoms with Gasteiger partial charge in [-0.3, -0.25) is 4.79 Å². The Morgan fingerprint density at radius 3 is 2.71 bits per heavy atom. The summed E-state index contributed by atoms with van der Waals surface area (Å²) in [7, 11) is 0. The van der Waals surface area contributed by atoms with E-state index in [9.17, 15) is 9.59 Å². The first kappa shape index (κ1) is 16.7. The van der Waals surface area contributed by atoms with E-state index in [0.29, 0.717) is 13.1 Å². The zero-order chi connectivity index (χ0) is 17.3. The fraction of sp³-hybridized carbons (Fsp3) is 0.750. The minimum absolute atomic E-state index is 0.0150. The Morgan fingerprint density at radius 1 is 1.29 bits per heavy atom. The van der Waals surface area contributed by atoms with Crippen molar-refractivity contribution in [2.45, 2.75) is 64.1 Å². The summed E-state index contributed by atoms with van der Waals surface area (Å²) < 4.78 is 7.13. The second-order valence-corrected chi connectivity index (χ2v) is 7.52. The quantitative estimate of drug-likeness (QED) is 0.909. The molecule has 2 fully saturated rings. The molecule has 0 aromatic carbocycles. The Balaban J connectivity index is 1.61. The van der Waals surface area contributed by atoms with Gasteiger partial charge in [0.15, 0.2) is 0 Å². The molecule has 1 atom stereocenters. The van der Waals surface area contributed by atoms with E-state index < -0.39 is 5.60 Å². The van der Waals surface area contributed by atoms with Crippen molar-refractivity contribution < 1.29 is 14.3 Å². The normalized spacial score (nSPS) is 21.5. The third-order valence-electron chi connectivity index (χ3n) is 4.05. The Hall–Kier alpha value is -2.12. The molecule has 2 aliphatic rings. The molecule has 3 rings (SSSR count). The van der Waals surface area contributed by atoms with Gasteiger partial charge in [0.1, 0.15) is 11.9 Å². The molecule has 0 spiro atoms. The zero-order valence-corrected chi connectivity index (χ0v) is 14.5. The molecule has 0 unspecified atom stereocenters. The highest BCUT2D eigenvalue weighted by atomic mass is 16.6. The monoisotopic (exact) mass is 335 g/mol. The molecule has 1 N–H and O–H groups in total. The summed E-state index contributed by atoms with van der Waals surface area (Å²) in [5.41, 5.74) is -0.509. The predicted octanol–water partition coefficient (Wildman–Crippen LogP) is 1.74. The second-order valence-electron chi connectivity index (χ2n) is 7.52. The fourth-order valence-corrected chi connectivity index (χ4v) is 2.70. The summed E-state index contributed by atoms with van der Waals surface area (Å²) in [6.07, 6.45) is 5.09. The maximum absolute atomic E-state index is 12.2. The predicted molar refractivity (Wildman–Crippen MR) is 86.6 cm³/mol. The van der Waals surface area contributed by atoms with Crippen molar-refractivity contribution in [1.29, 1.82) is 0 Å². The molecular weight excluding hydrogens is 310 g/mol. The van der Waals surface area contributed by atoms with Gasteiger partial charge in [0, 0.05) is 19.1 Å². The highest BCUT2D eigenvalue weighted by molar-refractivity contribution is 5.90. The third-order valence-corrected chi connectivity index (χ3v) is 4.05. The van der Waals surface area contributed by atoms with E-state index in [-0.39, 0.29) is 29.9 Å². The highest BCUT2D eigenvalue weighted by Crippen LogP contribution is 2.23. The first-order valence-corrected chi connectivity index (χ1v) is 8.52. The molecule has 24 heavy (non-hydrogen) atoms. The molecule has 1 aliphatic heterocycles. The molecule has 0 radical (unpaired) electrons. The summed E-state index contributed by atoms with van der Waals surface area (Å²) >= 11 is 0. The van der Waals surface area contributed by atoms with Gasteiger partial charge in [0.05, 0.1) is 6.04 Å². The maximum atomic E-state index is 12.2. The Bertz CT molecular complexity index is 617. The van der Waals surface area contributed by atoms with Crippen LogP contribution in [0, 0.1) is 0 Å². The van der Waals surface area contributed by atoms with Gasteiger partial charge < -0.3 is 15.0 Å². The summed E-state index contributed by atoms with van der Waals surface area (Å²) in [6.45, 7) is 6.76. The molecule has 1 aromatic heterocycles. The van der Waals surface area contributed by atoms with Crippen LogP contribution in [0.2, 0.25) is 0 Å². The van der Waals surface area contributed by atoms with Gasteiger partial charge >= 0.3 is 6.09 Å². The topological polar surface area (TPSA) is 89.4 Å². The number of hydrogen-bond acceptors (Lipinski definition) is 5. The lowest BCUT2D eigenvalue weighted by atomic mass is 10.1. The summed E-state index contributed by atoms with van der Waals surface area (Å²) in [4.78, 5) is 30.0. The molecule has 132 valence electrons. The number of aromatic nitrogens is 3. The van der Waals surface area contributed by atoms with E-state index in [1.54, 1.807) is 15.9 Å². The largest absolute Gasteiger partial charge is 0.444 e. The molecule has 2 amide bonds. The lowest BCUT2D eigenvalue weighted by Gasteiger charge is -2.33. The van der Waals surface area contributed by atoms with E-state index in [4.69, 9.17) is 4.74 Å². The number of ether oxygens (including phenoxy) is 1. The van der Waals surface area contributed by atoms with Crippen molar-refractivity contribution in [2.24, 2.45) is 0 Å². The SMILES string of the molecule is CC(C)(C)OC(=O)N1CCC[C@@H](n2cnc(C(=O)NC3CC3)n2)C1. The van der Waals surface area contributed by atoms with Crippen molar-refractivity contribution in [3.8, 4) is 0 Å².